The van der Waals surface area contributed by atoms with Gasteiger partial charge in [0.25, 0.3) is 0 Å². The predicted molar refractivity (Wildman–Crippen MR) is 91.7 cm³/mol. The summed E-state index contributed by atoms with van der Waals surface area (Å²) in [6.45, 7) is 8.11. The van der Waals surface area contributed by atoms with Crippen LogP contribution in [0.4, 0.5) is 0 Å². The van der Waals surface area contributed by atoms with Crippen LogP contribution in [0.2, 0.25) is 8.67 Å². The Morgan fingerprint density at radius 2 is 2.05 bits per heavy atom. The molecule has 0 aliphatic carbocycles. The number of aromatic nitrogens is 2. The van der Waals surface area contributed by atoms with Crippen molar-refractivity contribution in [2.24, 2.45) is 0 Å². The van der Waals surface area contributed by atoms with Gasteiger partial charge < -0.3 is 5.32 Å². The average Bonchev–Trinajstić information content (AvgIpc) is 3.01. The van der Waals surface area contributed by atoms with Gasteiger partial charge in [-0.1, -0.05) is 37.0 Å². The highest BCUT2D eigenvalue weighted by Crippen LogP contribution is 2.36. The van der Waals surface area contributed by atoms with Gasteiger partial charge in [0.2, 0.25) is 0 Å². The van der Waals surface area contributed by atoms with Crippen molar-refractivity contribution in [2.75, 3.05) is 6.54 Å². The molecule has 2 heterocycles. The highest BCUT2D eigenvalue weighted by Gasteiger charge is 2.19. The largest absolute Gasteiger partial charge is 0.310 e. The lowest BCUT2D eigenvalue weighted by atomic mass is 10.0. The van der Waals surface area contributed by atoms with E-state index >= 15 is 0 Å². The third-order valence-corrected chi connectivity index (χ3v) is 5.02. The molecule has 6 heteroatoms. The zero-order valence-electron chi connectivity index (χ0n) is 12.6. The van der Waals surface area contributed by atoms with E-state index in [1.54, 1.807) is 0 Å². The third-order valence-electron chi connectivity index (χ3n) is 3.50. The number of hydrogen-bond acceptors (Lipinski definition) is 3. The molecule has 0 aromatic carbocycles. The van der Waals surface area contributed by atoms with Gasteiger partial charge in [0.05, 0.1) is 14.4 Å². The quantitative estimate of drug-likeness (QED) is 0.786. The monoisotopic (exact) mass is 345 g/mol. The fourth-order valence-electron chi connectivity index (χ4n) is 2.46. The molecule has 0 aliphatic rings. The first-order valence-electron chi connectivity index (χ1n) is 7.32. The second-order valence-corrected chi connectivity index (χ2v) is 7.18. The van der Waals surface area contributed by atoms with Crippen LogP contribution in [0.15, 0.2) is 12.1 Å². The molecular formula is C15H21Cl2N3S. The minimum Gasteiger partial charge on any atom is -0.310 e. The van der Waals surface area contributed by atoms with Crippen LogP contribution >= 0.6 is 34.5 Å². The van der Waals surface area contributed by atoms with E-state index in [4.69, 9.17) is 23.2 Å². The lowest BCUT2D eigenvalue weighted by Crippen LogP contribution is -2.24. The van der Waals surface area contributed by atoms with Crippen LogP contribution < -0.4 is 5.32 Å². The summed E-state index contributed by atoms with van der Waals surface area (Å²) in [4.78, 5) is 0. The van der Waals surface area contributed by atoms with Crippen LogP contribution in [0.3, 0.4) is 0 Å². The van der Waals surface area contributed by atoms with Gasteiger partial charge in [0, 0.05) is 30.3 Å². The summed E-state index contributed by atoms with van der Waals surface area (Å²) in [6, 6.07) is 4.32. The molecule has 0 fully saturated rings. The normalized spacial score (nSPS) is 12.8. The second-order valence-electron chi connectivity index (χ2n) is 4.89. The third kappa shape index (κ3) is 4.01. The molecule has 0 saturated heterocycles. The van der Waals surface area contributed by atoms with Crippen LogP contribution in [0.1, 0.15) is 43.8 Å². The van der Waals surface area contributed by atoms with Gasteiger partial charge in [-0.15, -0.1) is 11.3 Å². The first kappa shape index (κ1) is 16.8. The number of nitrogens with zero attached hydrogens (tertiary/aromatic N) is 2. The highest BCUT2D eigenvalue weighted by molar-refractivity contribution is 7.20. The van der Waals surface area contributed by atoms with Gasteiger partial charge in [-0.05, 0) is 32.0 Å². The molecule has 3 nitrogen and oxygen atoms in total. The zero-order chi connectivity index (χ0) is 15.4. The Morgan fingerprint density at radius 3 is 2.57 bits per heavy atom. The zero-order valence-corrected chi connectivity index (χ0v) is 14.9. The van der Waals surface area contributed by atoms with Crippen molar-refractivity contribution in [3.8, 4) is 0 Å². The number of aryl methyl sites for hydroxylation is 2. The van der Waals surface area contributed by atoms with Crippen molar-refractivity contribution in [1.82, 2.24) is 15.1 Å². The molecule has 0 radical (unpaired) electrons. The minimum atomic E-state index is 0.165. The van der Waals surface area contributed by atoms with Crippen LogP contribution in [0.5, 0.6) is 0 Å². The van der Waals surface area contributed by atoms with Crippen LogP contribution in [0, 0.1) is 0 Å². The van der Waals surface area contributed by atoms with Crippen LogP contribution in [-0.4, -0.2) is 16.3 Å². The molecule has 0 saturated carbocycles. The number of likely N-dealkylation sites (N-methyl/N-ethyl adjacent to an activating group) is 1. The number of thiophene rings is 1. The molecule has 0 amide bonds. The molecule has 21 heavy (non-hydrogen) atoms. The van der Waals surface area contributed by atoms with E-state index in [-0.39, 0.29) is 6.04 Å². The lowest BCUT2D eigenvalue weighted by Gasteiger charge is -2.18. The van der Waals surface area contributed by atoms with E-state index in [0.29, 0.717) is 0 Å². The first-order valence-corrected chi connectivity index (χ1v) is 8.89. The topological polar surface area (TPSA) is 29.9 Å². The molecule has 2 aromatic rings. The molecule has 0 aliphatic heterocycles. The summed E-state index contributed by atoms with van der Waals surface area (Å²) >= 11 is 13.8. The fourth-order valence-corrected chi connectivity index (χ4v) is 4.04. The minimum absolute atomic E-state index is 0.165. The van der Waals surface area contributed by atoms with Crippen molar-refractivity contribution in [1.29, 1.82) is 0 Å². The van der Waals surface area contributed by atoms with Gasteiger partial charge in [-0.3, -0.25) is 4.68 Å². The van der Waals surface area contributed by atoms with Crippen LogP contribution in [-0.2, 0) is 19.4 Å². The van der Waals surface area contributed by atoms with E-state index < -0.39 is 0 Å². The summed E-state index contributed by atoms with van der Waals surface area (Å²) < 4.78 is 3.57. The molecule has 1 atom stereocenters. The Morgan fingerprint density at radius 1 is 1.29 bits per heavy atom. The Balaban J connectivity index is 2.27. The molecule has 2 aromatic heterocycles. The van der Waals surface area contributed by atoms with Crippen molar-refractivity contribution in [3.63, 3.8) is 0 Å². The summed E-state index contributed by atoms with van der Waals surface area (Å²) in [5, 5.41) is 8.12. The second kappa shape index (κ2) is 7.63. The van der Waals surface area contributed by atoms with Crippen molar-refractivity contribution >= 4 is 34.5 Å². The van der Waals surface area contributed by atoms with Gasteiger partial charge in [-0.2, -0.15) is 5.10 Å². The Labute approximate surface area is 140 Å². The summed E-state index contributed by atoms with van der Waals surface area (Å²) in [5.41, 5.74) is 3.45. The van der Waals surface area contributed by atoms with E-state index in [0.717, 1.165) is 45.9 Å². The van der Waals surface area contributed by atoms with E-state index in [9.17, 15) is 0 Å². The first-order chi connectivity index (χ1) is 10.1. The van der Waals surface area contributed by atoms with Crippen molar-refractivity contribution < 1.29 is 0 Å². The average molecular weight is 346 g/mol. The smallest absolute Gasteiger partial charge is 0.0992 e. The summed E-state index contributed by atoms with van der Waals surface area (Å²) in [7, 11) is 0. The maximum atomic E-state index is 6.32. The maximum Gasteiger partial charge on any atom is 0.0992 e. The van der Waals surface area contributed by atoms with Crippen molar-refractivity contribution in [3.05, 3.63) is 37.8 Å². The molecule has 0 bridgehead atoms. The molecule has 1 N–H and O–H groups in total. The standard InChI is InChI=1S/C15H21Cl2N3S/c1-4-10-7-11(20(6-3)19-10)8-13(18-5-2)12-9-14(16)21-15(12)17/h7,9,13,18H,4-6,8H2,1-3H3. The molecular weight excluding hydrogens is 325 g/mol. The van der Waals surface area contributed by atoms with E-state index in [1.165, 1.54) is 17.0 Å². The van der Waals surface area contributed by atoms with Gasteiger partial charge in [0.15, 0.2) is 0 Å². The molecule has 116 valence electrons. The number of hydrogen-bond donors (Lipinski definition) is 1. The predicted octanol–water partition coefficient (Wildman–Crippen LogP) is 4.73. The van der Waals surface area contributed by atoms with Crippen LogP contribution in [0.25, 0.3) is 0 Å². The van der Waals surface area contributed by atoms with Gasteiger partial charge >= 0.3 is 0 Å². The van der Waals surface area contributed by atoms with E-state index in [2.05, 4.69) is 41.9 Å². The Hall–Kier alpha value is -0.550. The Kier molecular flexibility index (Phi) is 6.11. The fraction of sp³-hybridized carbons (Fsp3) is 0.533. The van der Waals surface area contributed by atoms with E-state index in [1.807, 2.05) is 6.07 Å². The number of rotatable bonds is 7. The van der Waals surface area contributed by atoms with Crippen molar-refractivity contribution in [2.45, 2.75) is 46.2 Å². The summed E-state index contributed by atoms with van der Waals surface area (Å²) in [5.74, 6) is 0. The summed E-state index contributed by atoms with van der Waals surface area (Å²) in [6.07, 6.45) is 1.82. The molecule has 2 rings (SSSR count). The molecule has 0 spiro atoms. The SMILES string of the molecule is CCNC(Cc1cc(CC)nn1CC)c1cc(Cl)sc1Cl. The Bertz CT molecular complexity index is 592. The number of nitrogens with one attached hydrogen (secondary N) is 1. The van der Waals surface area contributed by atoms with Gasteiger partial charge in [-0.25, -0.2) is 0 Å². The lowest BCUT2D eigenvalue weighted by molar-refractivity contribution is 0.517. The molecule has 1 unspecified atom stereocenters. The highest BCUT2D eigenvalue weighted by atomic mass is 35.5. The van der Waals surface area contributed by atoms with Gasteiger partial charge in [0.1, 0.15) is 0 Å². The maximum absolute atomic E-state index is 6.32. The number of halogens is 2.